The molecule has 2 aromatic carbocycles. The van der Waals surface area contributed by atoms with Gasteiger partial charge in [-0.25, -0.2) is 4.39 Å². The monoisotopic (exact) mass is 355 g/mol. The van der Waals surface area contributed by atoms with E-state index in [2.05, 4.69) is 5.32 Å². The van der Waals surface area contributed by atoms with Gasteiger partial charge in [-0.05, 0) is 42.8 Å². The maximum Gasteiger partial charge on any atom is 0.279 e. The molecule has 1 heterocycles. The molecule has 0 aromatic heterocycles. The molecule has 0 unspecified atom stereocenters. The zero-order valence-electron chi connectivity index (χ0n) is 14.9. The number of likely N-dealkylation sites (tertiary alicyclic amines) is 1. The number of amides is 1. The number of carbonyl (C=O) groups excluding carboxylic acids is 2. The molecule has 4 nitrogen and oxygen atoms in total. The van der Waals surface area contributed by atoms with E-state index < -0.39 is 0 Å². The molecular formula is C21H24FN2O2+. The number of nitrogens with one attached hydrogen (secondary N) is 2. The zero-order valence-corrected chi connectivity index (χ0v) is 14.9. The molecule has 2 N–H and O–H groups in total. The van der Waals surface area contributed by atoms with Crippen LogP contribution in [0.1, 0.15) is 28.8 Å². The van der Waals surface area contributed by atoms with Gasteiger partial charge in [0.1, 0.15) is 5.82 Å². The molecule has 0 spiro atoms. The number of Topliss-reactive ketones (excluding diaryl/α,β-unsaturated/α-hetero) is 1. The van der Waals surface area contributed by atoms with Gasteiger partial charge in [0, 0.05) is 30.0 Å². The Morgan fingerprint density at radius 3 is 2.38 bits per heavy atom. The summed E-state index contributed by atoms with van der Waals surface area (Å²) in [6.07, 6.45) is 1.51. The zero-order chi connectivity index (χ0) is 18.5. The first kappa shape index (κ1) is 18.3. The van der Waals surface area contributed by atoms with Crippen molar-refractivity contribution in [1.82, 2.24) is 0 Å². The van der Waals surface area contributed by atoms with Crippen LogP contribution in [0.25, 0.3) is 0 Å². The minimum absolute atomic E-state index is 0.00221. The summed E-state index contributed by atoms with van der Waals surface area (Å²) in [5, 5.41) is 2.96. The lowest BCUT2D eigenvalue weighted by Gasteiger charge is -2.28. The van der Waals surface area contributed by atoms with Gasteiger partial charge in [-0.2, -0.15) is 0 Å². The minimum Gasteiger partial charge on any atom is -0.327 e. The van der Waals surface area contributed by atoms with Crippen LogP contribution < -0.4 is 10.2 Å². The number of quaternary nitrogens is 1. The minimum atomic E-state index is -0.333. The van der Waals surface area contributed by atoms with Gasteiger partial charge >= 0.3 is 0 Å². The van der Waals surface area contributed by atoms with Crippen molar-refractivity contribution < 1.29 is 18.9 Å². The van der Waals surface area contributed by atoms with E-state index in [4.69, 9.17) is 0 Å². The SMILES string of the molecule is Cc1ccccc1NC(=O)C[NH+]1CCC(C(=O)c2ccc(F)cc2)CC1. The van der Waals surface area contributed by atoms with Crippen molar-refractivity contribution in [1.29, 1.82) is 0 Å². The molecule has 0 aliphatic carbocycles. The van der Waals surface area contributed by atoms with Crippen molar-refractivity contribution in [3.8, 4) is 0 Å². The molecule has 1 aliphatic rings. The van der Waals surface area contributed by atoms with Crippen molar-refractivity contribution in [2.75, 3.05) is 25.0 Å². The van der Waals surface area contributed by atoms with Crippen LogP contribution >= 0.6 is 0 Å². The van der Waals surface area contributed by atoms with E-state index >= 15 is 0 Å². The summed E-state index contributed by atoms with van der Waals surface area (Å²) in [4.78, 5) is 26.0. The topological polar surface area (TPSA) is 50.6 Å². The largest absolute Gasteiger partial charge is 0.327 e. The Kier molecular flexibility index (Phi) is 5.78. The second-order valence-electron chi connectivity index (χ2n) is 6.94. The maximum absolute atomic E-state index is 13.0. The van der Waals surface area contributed by atoms with Gasteiger partial charge in [0.2, 0.25) is 0 Å². The number of ketones is 1. The molecule has 0 atom stereocenters. The Hall–Kier alpha value is -2.53. The first-order chi connectivity index (χ1) is 12.5. The molecule has 1 aliphatic heterocycles. The van der Waals surface area contributed by atoms with Crippen molar-refractivity contribution >= 4 is 17.4 Å². The number of rotatable bonds is 5. The van der Waals surface area contributed by atoms with Gasteiger partial charge in [-0.1, -0.05) is 18.2 Å². The number of halogens is 1. The lowest BCUT2D eigenvalue weighted by molar-refractivity contribution is -0.897. The van der Waals surface area contributed by atoms with Gasteiger partial charge in [0.25, 0.3) is 5.91 Å². The standard InChI is InChI=1S/C21H23FN2O2/c1-15-4-2-3-5-19(15)23-20(25)14-24-12-10-17(11-13-24)21(26)16-6-8-18(22)9-7-16/h2-9,17H,10-14H2,1H3,(H,23,25)/p+1. The Morgan fingerprint density at radius 2 is 1.73 bits per heavy atom. The van der Waals surface area contributed by atoms with Crippen LogP contribution in [0.4, 0.5) is 10.1 Å². The Morgan fingerprint density at radius 1 is 1.08 bits per heavy atom. The maximum atomic E-state index is 13.0. The van der Waals surface area contributed by atoms with E-state index in [1.54, 1.807) is 12.1 Å². The smallest absolute Gasteiger partial charge is 0.279 e. The fraction of sp³-hybridized carbons (Fsp3) is 0.333. The first-order valence-electron chi connectivity index (χ1n) is 9.02. The van der Waals surface area contributed by atoms with Crippen LogP contribution in [0, 0.1) is 18.7 Å². The van der Waals surface area contributed by atoms with Crippen LogP contribution in [-0.2, 0) is 4.79 Å². The predicted octanol–water partition coefficient (Wildman–Crippen LogP) is 2.25. The lowest BCUT2D eigenvalue weighted by atomic mass is 9.89. The second-order valence-corrected chi connectivity index (χ2v) is 6.94. The number of piperidine rings is 1. The number of hydrogen-bond donors (Lipinski definition) is 2. The summed E-state index contributed by atoms with van der Waals surface area (Å²) in [5.74, 6) is -0.296. The number of hydrogen-bond acceptors (Lipinski definition) is 2. The normalized spacial score (nSPS) is 19.8. The summed E-state index contributed by atoms with van der Waals surface area (Å²) in [7, 11) is 0. The van der Waals surface area contributed by atoms with Crippen LogP contribution in [-0.4, -0.2) is 31.3 Å². The molecular weight excluding hydrogens is 331 g/mol. The van der Waals surface area contributed by atoms with E-state index in [0.717, 1.165) is 37.2 Å². The molecule has 0 bridgehead atoms. The third-order valence-corrected chi connectivity index (χ3v) is 5.02. The van der Waals surface area contributed by atoms with Crippen molar-refractivity contribution in [2.24, 2.45) is 5.92 Å². The van der Waals surface area contributed by atoms with E-state index in [1.807, 2.05) is 31.2 Å². The van der Waals surface area contributed by atoms with Crippen LogP contribution in [0.5, 0.6) is 0 Å². The van der Waals surface area contributed by atoms with Gasteiger partial charge in [-0.3, -0.25) is 9.59 Å². The third-order valence-electron chi connectivity index (χ3n) is 5.02. The summed E-state index contributed by atoms with van der Waals surface area (Å²) < 4.78 is 13.0. The summed E-state index contributed by atoms with van der Waals surface area (Å²) in [5.41, 5.74) is 2.45. The molecule has 1 amide bonds. The molecule has 3 rings (SSSR count). The average Bonchev–Trinajstić information content (AvgIpc) is 2.64. The van der Waals surface area contributed by atoms with Gasteiger partial charge in [-0.15, -0.1) is 0 Å². The average molecular weight is 355 g/mol. The molecule has 1 fully saturated rings. The van der Waals surface area contributed by atoms with E-state index in [0.29, 0.717) is 12.1 Å². The van der Waals surface area contributed by atoms with E-state index in [-0.39, 0.29) is 23.4 Å². The van der Waals surface area contributed by atoms with Crippen LogP contribution in [0.15, 0.2) is 48.5 Å². The Bertz CT molecular complexity index is 781. The first-order valence-corrected chi connectivity index (χ1v) is 9.02. The number of benzene rings is 2. The lowest BCUT2D eigenvalue weighted by Crippen LogP contribution is -3.14. The van der Waals surface area contributed by atoms with E-state index in [9.17, 15) is 14.0 Å². The number of anilines is 1. The predicted molar refractivity (Wildman–Crippen MR) is 98.8 cm³/mol. The highest BCUT2D eigenvalue weighted by Gasteiger charge is 2.29. The Balaban J connectivity index is 1.49. The van der Waals surface area contributed by atoms with Crippen LogP contribution in [0.2, 0.25) is 0 Å². The molecule has 2 aromatic rings. The highest BCUT2D eigenvalue weighted by atomic mass is 19.1. The summed E-state index contributed by atoms with van der Waals surface area (Å²) in [6, 6.07) is 13.5. The third kappa shape index (κ3) is 4.55. The van der Waals surface area contributed by atoms with Gasteiger partial charge in [0.05, 0.1) is 13.1 Å². The second kappa shape index (κ2) is 8.23. The van der Waals surface area contributed by atoms with Gasteiger partial charge in [0.15, 0.2) is 12.3 Å². The van der Waals surface area contributed by atoms with Crippen LogP contribution in [0.3, 0.4) is 0 Å². The molecule has 0 saturated carbocycles. The number of aryl methyl sites for hydroxylation is 1. The highest BCUT2D eigenvalue weighted by Crippen LogP contribution is 2.17. The van der Waals surface area contributed by atoms with Crippen molar-refractivity contribution in [2.45, 2.75) is 19.8 Å². The molecule has 26 heavy (non-hydrogen) atoms. The fourth-order valence-electron chi connectivity index (χ4n) is 3.45. The van der Waals surface area contributed by atoms with Crippen molar-refractivity contribution in [3.63, 3.8) is 0 Å². The molecule has 136 valence electrons. The fourth-order valence-corrected chi connectivity index (χ4v) is 3.45. The quantitative estimate of drug-likeness (QED) is 0.809. The molecule has 1 saturated heterocycles. The van der Waals surface area contributed by atoms with Gasteiger partial charge < -0.3 is 10.2 Å². The summed E-state index contributed by atoms with van der Waals surface area (Å²) >= 11 is 0. The molecule has 5 heteroatoms. The Labute approximate surface area is 153 Å². The number of carbonyl (C=O) groups is 2. The van der Waals surface area contributed by atoms with Crippen molar-refractivity contribution in [3.05, 3.63) is 65.5 Å². The number of para-hydroxylation sites is 1. The highest BCUT2D eigenvalue weighted by molar-refractivity contribution is 5.97. The summed E-state index contributed by atoms with van der Waals surface area (Å²) in [6.45, 7) is 3.96. The van der Waals surface area contributed by atoms with E-state index in [1.165, 1.54) is 17.0 Å². The molecule has 0 radical (unpaired) electrons.